The molecule has 0 aliphatic carbocycles. The number of primary sulfonamides is 1. The molecule has 0 spiro atoms. The van der Waals surface area contributed by atoms with Gasteiger partial charge >= 0.3 is 6.03 Å². The summed E-state index contributed by atoms with van der Waals surface area (Å²) in [5, 5.41) is 13.8. The van der Waals surface area contributed by atoms with Crippen LogP contribution in [0.25, 0.3) is 11.1 Å². The molecule has 1 unspecified atom stereocenters. The summed E-state index contributed by atoms with van der Waals surface area (Å²) in [5.41, 5.74) is -0.427. The van der Waals surface area contributed by atoms with E-state index in [2.05, 4.69) is 16.0 Å². The Hall–Kier alpha value is -3.51. The minimum atomic E-state index is -4.03. The van der Waals surface area contributed by atoms with Crippen LogP contribution >= 0.6 is 11.6 Å². The Labute approximate surface area is 218 Å². The molecule has 1 atom stereocenters. The van der Waals surface area contributed by atoms with Gasteiger partial charge in [0.25, 0.3) is 5.91 Å². The third-order valence-corrected chi connectivity index (χ3v) is 7.29. The zero-order valence-electron chi connectivity index (χ0n) is 19.8. The maximum Gasteiger partial charge on any atom is 0.320 e. The first-order valence-electron chi connectivity index (χ1n) is 11.2. The Kier molecular flexibility index (Phi) is 7.51. The monoisotopic (exact) mass is 545 g/mol. The average Bonchev–Trinajstić information content (AvgIpc) is 3.22. The highest BCUT2D eigenvalue weighted by atomic mass is 35.5. The van der Waals surface area contributed by atoms with Gasteiger partial charge in [0.1, 0.15) is 11.4 Å². The molecule has 12 heteroatoms. The van der Waals surface area contributed by atoms with E-state index in [0.717, 1.165) is 6.07 Å². The van der Waals surface area contributed by atoms with Crippen molar-refractivity contribution in [3.63, 3.8) is 0 Å². The summed E-state index contributed by atoms with van der Waals surface area (Å²) in [6, 6.07) is 15.8. The number of anilines is 2. The van der Waals surface area contributed by atoms with Crippen LogP contribution in [0.3, 0.4) is 0 Å². The summed E-state index contributed by atoms with van der Waals surface area (Å²) in [6.45, 7) is 0.759. The molecule has 3 amide bonds. The first kappa shape index (κ1) is 26.6. The largest absolute Gasteiger partial charge is 0.322 e. The van der Waals surface area contributed by atoms with Crippen molar-refractivity contribution in [3.05, 3.63) is 77.6 Å². The standard InChI is InChI=1S/C25H25ClFN5O4S/c1-32-13-12-25(15-32,31-24(34)29-18-9-7-17(26)8-10-18)23(33)30-21-11-6-16(14-20(21)27)19-4-2-3-5-22(19)37(28,35)36/h2-11,14H,12-13,15H2,1H3,(H,30,33)(H2,28,35,36)(H2,29,31,34). The van der Waals surface area contributed by atoms with Gasteiger partial charge in [-0.15, -0.1) is 0 Å². The molecule has 4 rings (SSSR count). The van der Waals surface area contributed by atoms with Crippen molar-refractivity contribution in [1.29, 1.82) is 0 Å². The molecule has 3 aromatic carbocycles. The second-order valence-corrected chi connectivity index (χ2v) is 10.8. The quantitative estimate of drug-likeness (QED) is 0.375. The van der Waals surface area contributed by atoms with Crippen LogP contribution in [0.15, 0.2) is 71.6 Å². The number of hydrogen-bond acceptors (Lipinski definition) is 5. The molecular formula is C25H25ClFN5O4S. The van der Waals surface area contributed by atoms with E-state index in [0.29, 0.717) is 23.7 Å². The van der Waals surface area contributed by atoms with Crippen molar-refractivity contribution in [1.82, 2.24) is 10.2 Å². The Morgan fingerprint density at radius 1 is 1.05 bits per heavy atom. The van der Waals surface area contributed by atoms with E-state index in [1.807, 2.05) is 11.9 Å². The summed E-state index contributed by atoms with van der Waals surface area (Å²) in [7, 11) is -2.22. The van der Waals surface area contributed by atoms with Crippen LogP contribution < -0.4 is 21.1 Å². The maximum absolute atomic E-state index is 15.1. The highest BCUT2D eigenvalue weighted by Gasteiger charge is 2.45. The molecule has 1 heterocycles. The summed E-state index contributed by atoms with van der Waals surface area (Å²) in [6.07, 6.45) is 0.310. The molecule has 9 nitrogen and oxygen atoms in total. The van der Waals surface area contributed by atoms with Gasteiger partial charge in [-0.2, -0.15) is 0 Å². The van der Waals surface area contributed by atoms with E-state index < -0.39 is 33.3 Å². The molecule has 3 aromatic rings. The number of likely N-dealkylation sites (N-methyl/N-ethyl adjacent to an activating group) is 1. The third kappa shape index (κ3) is 6.08. The molecule has 37 heavy (non-hydrogen) atoms. The lowest BCUT2D eigenvalue weighted by Gasteiger charge is -2.29. The summed E-state index contributed by atoms with van der Waals surface area (Å²) >= 11 is 5.88. The third-order valence-electron chi connectivity index (χ3n) is 6.07. The van der Waals surface area contributed by atoms with Crippen LogP contribution in [0, 0.1) is 5.82 Å². The van der Waals surface area contributed by atoms with Gasteiger partial charge in [0, 0.05) is 29.4 Å². The number of carbonyl (C=O) groups is 2. The van der Waals surface area contributed by atoms with Gasteiger partial charge < -0.3 is 20.9 Å². The summed E-state index contributed by atoms with van der Waals surface area (Å²) < 4.78 is 38.9. The number of benzene rings is 3. The fraction of sp³-hybridized carbons (Fsp3) is 0.200. The normalized spacial score (nSPS) is 17.8. The van der Waals surface area contributed by atoms with E-state index in [-0.39, 0.29) is 28.3 Å². The fourth-order valence-electron chi connectivity index (χ4n) is 4.24. The van der Waals surface area contributed by atoms with Gasteiger partial charge in [-0.05, 0) is 61.5 Å². The van der Waals surface area contributed by atoms with Crippen LogP contribution in [0.4, 0.5) is 20.6 Å². The average molecular weight is 546 g/mol. The smallest absolute Gasteiger partial charge is 0.320 e. The Morgan fingerprint density at radius 3 is 2.38 bits per heavy atom. The fourth-order valence-corrected chi connectivity index (χ4v) is 5.12. The lowest BCUT2D eigenvalue weighted by atomic mass is 9.97. The molecule has 194 valence electrons. The van der Waals surface area contributed by atoms with E-state index in [9.17, 15) is 18.0 Å². The number of nitrogens with one attached hydrogen (secondary N) is 3. The predicted octanol–water partition coefficient (Wildman–Crippen LogP) is 3.63. The SMILES string of the molecule is CN1CCC(NC(=O)Nc2ccc(Cl)cc2)(C(=O)Nc2ccc(-c3ccccc3S(N)(=O)=O)cc2F)C1. The molecule has 1 fully saturated rings. The number of halogens is 2. The summed E-state index contributed by atoms with van der Waals surface area (Å²) in [5.74, 6) is -1.36. The van der Waals surface area contributed by atoms with Crippen molar-refractivity contribution in [2.75, 3.05) is 30.8 Å². The van der Waals surface area contributed by atoms with Crippen LogP contribution in [-0.2, 0) is 14.8 Å². The lowest BCUT2D eigenvalue weighted by Crippen LogP contribution is -2.59. The second-order valence-electron chi connectivity index (χ2n) is 8.85. The molecule has 0 radical (unpaired) electrons. The van der Waals surface area contributed by atoms with Crippen molar-refractivity contribution in [2.45, 2.75) is 16.9 Å². The van der Waals surface area contributed by atoms with E-state index in [4.69, 9.17) is 16.7 Å². The van der Waals surface area contributed by atoms with Crippen LogP contribution in [0.1, 0.15) is 6.42 Å². The van der Waals surface area contributed by atoms with Crippen LogP contribution in [0.2, 0.25) is 5.02 Å². The number of likely N-dealkylation sites (tertiary alicyclic amines) is 1. The number of amides is 3. The Balaban J connectivity index is 1.54. The first-order chi connectivity index (χ1) is 17.5. The Bertz CT molecular complexity index is 1450. The lowest BCUT2D eigenvalue weighted by molar-refractivity contribution is -0.121. The van der Waals surface area contributed by atoms with Crippen LogP contribution in [0.5, 0.6) is 0 Å². The number of nitrogens with two attached hydrogens (primary N) is 1. The highest BCUT2D eigenvalue weighted by molar-refractivity contribution is 7.89. The molecule has 1 aliphatic rings. The van der Waals surface area contributed by atoms with Crippen molar-refractivity contribution < 1.29 is 22.4 Å². The van der Waals surface area contributed by atoms with Gasteiger partial charge in [-0.3, -0.25) is 4.79 Å². The molecular weight excluding hydrogens is 521 g/mol. The van der Waals surface area contributed by atoms with Gasteiger partial charge in [0.05, 0.1) is 10.6 Å². The van der Waals surface area contributed by atoms with E-state index in [1.54, 1.807) is 30.3 Å². The van der Waals surface area contributed by atoms with Crippen molar-refractivity contribution in [2.24, 2.45) is 5.14 Å². The maximum atomic E-state index is 15.1. The van der Waals surface area contributed by atoms with E-state index in [1.165, 1.54) is 30.3 Å². The number of rotatable bonds is 6. The molecule has 0 bridgehead atoms. The minimum Gasteiger partial charge on any atom is -0.322 e. The number of sulfonamides is 1. The molecule has 1 saturated heterocycles. The van der Waals surface area contributed by atoms with Gasteiger partial charge in [-0.1, -0.05) is 35.9 Å². The van der Waals surface area contributed by atoms with Crippen molar-refractivity contribution in [3.8, 4) is 11.1 Å². The Morgan fingerprint density at radius 2 is 1.76 bits per heavy atom. The second kappa shape index (κ2) is 10.5. The molecule has 0 aromatic heterocycles. The summed E-state index contributed by atoms with van der Waals surface area (Å²) in [4.78, 5) is 27.8. The van der Waals surface area contributed by atoms with Crippen LogP contribution in [-0.4, -0.2) is 50.9 Å². The number of hydrogen-bond donors (Lipinski definition) is 4. The zero-order chi connectivity index (χ0) is 26.8. The molecule has 5 N–H and O–H groups in total. The number of nitrogens with zero attached hydrogens (tertiary/aromatic N) is 1. The van der Waals surface area contributed by atoms with Gasteiger partial charge in [0.15, 0.2) is 0 Å². The number of urea groups is 1. The predicted molar refractivity (Wildman–Crippen MR) is 140 cm³/mol. The minimum absolute atomic E-state index is 0.115. The van der Waals surface area contributed by atoms with E-state index >= 15 is 4.39 Å². The first-order valence-corrected chi connectivity index (χ1v) is 13.2. The number of carbonyl (C=O) groups excluding carboxylic acids is 2. The zero-order valence-corrected chi connectivity index (χ0v) is 21.4. The topological polar surface area (TPSA) is 134 Å². The highest BCUT2D eigenvalue weighted by Crippen LogP contribution is 2.30. The van der Waals surface area contributed by atoms with Crippen molar-refractivity contribution >= 4 is 44.9 Å². The van der Waals surface area contributed by atoms with Gasteiger partial charge in [0.2, 0.25) is 10.0 Å². The molecule has 0 saturated carbocycles. The van der Waals surface area contributed by atoms with Gasteiger partial charge in [-0.25, -0.2) is 22.7 Å². The molecule has 1 aliphatic heterocycles.